The summed E-state index contributed by atoms with van der Waals surface area (Å²) in [5.41, 5.74) is 2.56. The molecular formula is C22H22ClFN4O2. The van der Waals surface area contributed by atoms with Crippen LogP contribution < -0.4 is 9.64 Å². The molecule has 0 unspecified atom stereocenters. The van der Waals surface area contributed by atoms with Crippen LogP contribution in [0.3, 0.4) is 0 Å². The molecule has 0 aliphatic carbocycles. The van der Waals surface area contributed by atoms with Crippen molar-refractivity contribution in [1.29, 1.82) is 0 Å². The van der Waals surface area contributed by atoms with Crippen molar-refractivity contribution >= 4 is 23.2 Å². The first kappa shape index (κ1) is 20.2. The first-order valence-electron chi connectivity index (χ1n) is 9.66. The molecule has 1 aromatic heterocycles. The Morgan fingerprint density at radius 1 is 1.10 bits per heavy atom. The molecule has 0 N–H and O–H groups in total. The fraction of sp³-hybridized carbons (Fsp3) is 0.273. The first-order chi connectivity index (χ1) is 14.5. The van der Waals surface area contributed by atoms with E-state index in [4.69, 9.17) is 16.3 Å². The number of hydrogen-bond acceptors (Lipinski definition) is 4. The fourth-order valence-corrected chi connectivity index (χ4v) is 3.85. The maximum atomic E-state index is 13.7. The topological polar surface area (TPSA) is 50.6 Å². The van der Waals surface area contributed by atoms with Gasteiger partial charge in [-0.1, -0.05) is 17.7 Å². The van der Waals surface area contributed by atoms with Gasteiger partial charge < -0.3 is 14.5 Å². The Balaban J connectivity index is 1.53. The third kappa shape index (κ3) is 3.98. The Labute approximate surface area is 179 Å². The molecule has 1 aliphatic rings. The number of piperazine rings is 1. The van der Waals surface area contributed by atoms with E-state index in [-0.39, 0.29) is 11.7 Å². The Bertz CT molecular complexity index is 1080. The molecule has 1 saturated heterocycles. The number of ether oxygens (including phenoxy) is 1. The van der Waals surface area contributed by atoms with Crippen LogP contribution in [-0.4, -0.2) is 53.9 Å². The van der Waals surface area contributed by atoms with Crippen molar-refractivity contribution in [3.05, 3.63) is 70.8 Å². The monoisotopic (exact) mass is 428 g/mol. The highest BCUT2D eigenvalue weighted by molar-refractivity contribution is 6.30. The van der Waals surface area contributed by atoms with Gasteiger partial charge in [0.15, 0.2) is 0 Å². The summed E-state index contributed by atoms with van der Waals surface area (Å²) < 4.78 is 20.6. The minimum atomic E-state index is -0.372. The number of methoxy groups -OCH3 is 1. The standard InChI is InChI=1S/C22H22ClFN4O2/c1-15-12-20(28(25-15)18-5-3-4-17(24)14-18)22(29)27-10-8-26(9-11-27)19-13-16(23)6-7-21(19)30-2/h3-7,12-14H,8-11H2,1-2H3. The van der Waals surface area contributed by atoms with Gasteiger partial charge in [-0.2, -0.15) is 5.10 Å². The van der Waals surface area contributed by atoms with E-state index in [0.29, 0.717) is 48.3 Å². The largest absolute Gasteiger partial charge is 0.495 e. The number of nitrogens with zero attached hydrogens (tertiary/aromatic N) is 4. The van der Waals surface area contributed by atoms with Gasteiger partial charge >= 0.3 is 0 Å². The number of benzene rings is 2. The molecule has 156 valence electrons. The number of carbonyl (C=O) groups excluding carboxylic acids is 1. The second-order valence-electron chi connectivity index (χ2n) is 7.16. The number of hydrogen-bond donors (Lipinski definition) is 0. The van der Waals surface area contributed by atoms with Gasteiger partial charge in [-0.25, -0.2) is 9.07 Å². The Morgan fingerprint density at radius 2 is 1.87 bits per heavy atom. The molecule has 8 heteroatoms. The molecule has 0 atom stereocenters. The number of anilines is 1. The van der Waals surface area contributed by atoms with E-state index in [2.05, 4.69) is 10.00 Å². The van der Waals surface area contributed by atoms with Crippen LogP contribution in [-0.2, 0) is 0 Å². The van der Waals surface area contributed by atoms with E-state index in [1.165, 1.54) is 16.8 Å². The summed E-state index contributed by atoms with van der Waals surface area (Å²) in [5, 5.41) is 5.03. The predicted octanol–water partition coefficient (Wildman–Crippen LogP) is 3.94. The van der Waals surface area contributed by atoms with E-state index in [9.17, 15) is 9.18 Å². The molecule has 1 fully saturated rings. The van der Waals surface area contributed by atoms with Crippen molar-refractivity contribution in [2.24, 2.45) is 0 Å². The van der Waals surface area contributed by atoms with Gasteiger partial charge in [-0.3, -0.25) is 4.79 Å². The number of halogens is 2. The normalized spacial score (nSPS) is 14.1. The maximum absolute atomic E-state index is 13.7. The maximum Gasteiger partial charge on any atom is 0.272 e. The Hall–Kier alpha value is -3.06. The molecular weight excluding hydrogens is 407 g/mol. The van der Waals surface area contributed by atoms with Crippen molar-refractivity contribution in [3.63, 3.8) is 0 Å². The number of rotatable bonds is 4. The van der Waals surface area contributed by atoms with Crippen molar-refractivity contribution in [2.45, 2.75) is 6.92 Å². The van der Waals surface area contributed by atoms with Crippen LogP contribution in [0.25, 0.3) is 5.69 Å². The molecule has 0 spiro atoms. The lowest BCUT2D eigenvalue weighted by molar-refractivity contribution is 0.0737. The van der Waals surface area contributed by atoms with E-state index < -0.39 is 0 Å². The van der Waals surface area contributed by atoms with Gasteiger partial charge in [-0.15, -0.1) is 0 Å². The van der Waals surface area contributed by atoms with Gasteiger partial charge in [0.25, 0.3) is 5.91 Å². The second kappa shape index (κ2) is 8.36. The number of aryl methyl sites for hydroxylation is 1. The van der Waals surface area contributed by atoms with Crippen molar-refractivity contribution < 1.29 is 13.9 Å². The van der Waals surface area contributed by atoms with Crippen molar-refractivity contribution in [3.8, 4) is 11.4 Å². The van der Waals surface area contributed by atoms with Crippen LogP contribution in [0.1, 0.15) is 16.2 Å². The molecule has 3 aromatic rings. The lowest BCUT2D eigenvalue weighted by Crippen LogP contribution is -2.49. The molecule has 1 aliphatic heterocycles. The highest BCUT2D eigenvalue weighted by atomic mass is 35.5. The molecule has 0 radical (unpaired) electrons. The van der Waals surface area contributed by atoms with Crippen LogP contribution in [0.2, 0.25) is 5.02 Å². The van der Waals surface area contributed by atoms with Crippen LogP contribution >= 0.6 is 11.6 Å². The number of aromatic nitrogens is 2. The lowest BCUT2D eigenvalue weighted by Gasteiger charge is -2.36. The summed E-state index contributed by atoms with van der Waals surface area (Å²) in [5.74, 6) is 0.250. The smallest absolute Gasteiger partial charge is 0.272 e. The third-order valence-electron chi connectivity index (χ3n) is 5.15. The third-order valence-corrected chi connectivity index (χ3v) is 5.39. The number of amides is 1. The zero-order valence-electron chi connectivity index (χ0n) is 16.8. The van der Waals surface area contributed by atoms with Crippen molar-refractivity contribution in [2.75, 3.05) is 38.2 Å². The van der Waals surface area contributed by atoms with Gasteiger partial charge in [0, 0.05) is 31.2 Å². The molecule has 2 aromatic carbocycles. The van der Waals surface area contributed by atoms with Gasteiger partial charge in [0.05, 0.1) is 24.2 Å². The van der Waals surface area contributed by atoms with E-state index in [1.54, 1.807) is 36.3 Å². The zero-order valence-corrected chi connectivity index (χ0v) is 17.6. The molecule has 2 heterocycles. The summed E-state index contributed by atoms with van der Waals surface area (Å²) in [4.78, 5) is 17.2. The lowest BCUT2D eigenvalue weighted by atomic mass is 10.2. The number of carbonyl (C=O) groups is 1. The summed E-state index contributed by atoms with van der Waals surface area (Å²) in [6, 6.07) is 13.3. The minimum absolute atomic E-state index is 0.127. The van der Waals surface area contributed by atoms with Crippen LogP contribution in [0, 0.1) is 12.7 Å². The van der Waals surface area contributed by atoms with E-state index >= 15 is 0 Å². The molecule has 0 saturated carbocycles. The van der Waals surface area contributed by atoms with Crippen molar-refractivity contribution in [1.82, 2.24) is 14.7 Å². The summed E-state index contributed by atoms with van der Waals surface area (Å²) >= 11 is 6.16. The Morgan fingerprint density at radius 3 is 2.57 bits per heavy atom. The summed E-state index contributed by atoms with van der Waals surface area (Å²) in [6.07, 6.45) is 0. The van der Waals surface area contributed by atoms with Crippen LogP contribution in [0.4, 0.5) is 10.1 Å². The summed E-state index contributed by atoms with van der Waals surface area (Å²) in [6.45, 7) is 4.20. The Kier molecular flexibility index (Phi) is 5.63. The average molecular weight is 429 g/mol. The van der Waals surface area contributed by atoms with Gasteiger partial charge in [0.1, 0.15) is 17.3 Å². The molecule has 1 amide bonds. The molecule has 4 rings (SSSR count). The predicted molar refractivity (Wildman–Crippen MR) is 114 cm³/mol. The van der Waals surface area contributed by atoms with Crippen LogP contribution in [0.5, 0.6) is 5.75 Å². The SMILES string of the molecule is COc1ccc(Cl)cc1N1CCN(C(=O)c2cc(C)nn2-c2cccc(F)c2)CC1. The average Bonchev–Trinajstić information content (AvgIpc) is 3.15. The van der Waals surface area contributed by atoms with E-state index in [0.717, 1.165) is 11.4 Å². The first-order valence-corrected chi connectivity index (χ1v) is 10.0. The molecule has 6 nitrogen and oxygen atoms in total. The van der Waals surface area contributed by atoms with E-state index in [1.807, 2.05) is 19.1 Å². The second-order valence-corrected chi connectivity index (χ2v) is 7.59. The van der Waals surface area contributed by atoms with Gasteiger partial charge in [-0.05, 0) is 49.4 Å². The minimum Gasteiger partial charge on any atom is -0.495 e. The highest BCUT2D eigenvalue weighted by Gasteiger charge is 2.27. The highest BCUT2D eigenvalue weighted by Crippen LogP contribution is 2.32. The summed E-state index contributed by atoms with van der Waals surface area (Å²) in [7, 11) is 1.63. The fourth-order valence-electron chi connectivity index (χ4n) is 3.68. The molecule has 30 heavy (non-hydrogen) atoms. The van der Waals surface area contributed by atoms with Gasteiger partial charge in [0.2, 0.25) is 0 Å². The zero-order chi connectivity index (χ0) is 21.3. The van der Waals surface area contributed by atoms with Crippen LogP contribution in [0.15, 0.2) is 48.5 Å². The quantitative estimate of drug-likeness (QED) is 0.631. The molecule has 0 bridgehead atoms.